The number of nitrogens with one attached hydrogen (secondary N) is 1. The Balaban J connectivity index is 1.47. The zero-order valence-corrected chi connectivity index (χ0v) is 13.5. The highest BCUT2D eigenvalue weighted by molar-refractivity contribution is 6.33. The Kier molecular flexibility index (Phi) is 3.74. The maximum Gasteiger partial charge on any atom is 0.252 e. The van der Waals surface area contributed by atoms with Crippen molar-refractivity contribution in [3.8, 4) is 5.69 Å². The lowest BCUT2D eigenvalue weighted by Crippen LogP contribution is -2.31. The second-order valence-electron chi connectivity index (χ2n) is 6.50. The van der Waals surface area contributed by atoms with Gasteiger partial charge in [-0.1, -0.05) is 23.8 Å². The Labute approximate surface area is 141 Å². The van der Waals surface area contributed by atoms with Crippen LogP contribution in [0.2, 0.25) is 5.02 Å². The lowest BCUT2D eigenvalue weighted by atomic mass is 9.93. The molecule has 1 amide bonds. The van der Waals surface area contributed by atoms with E-state index in [-0.39, 0.29) is 5.91 Å². The van der Waals surface area contributed by atoms with Crippen molar-refractivity contribution in [2.24, 2.45) is 17.8 Å². The molecule has 118 valence electrons. The van der Waals surface area contributed by atoms with Crippen molar-refractivity contribution in [3.63, 3.8) is 0 Å². The zero-order chi connectivity index (χ0) is 15.8. The van der Waals surface area contributed by atoms with Crippen LogP contribution >= 0.6 is 11.6 Å². The van der Waals surface area contributed by atoms with E-state index in [9.17, 15) is 4.79 Å². The molecule has 1 aromatic carbocycles. The molecular formula is C19H19ClN2O. The van der Waals surface area contributed by atoms with Gasteiger partial charge in [-0.05, 0) is 60.9 Å². The molecule has 2 aromatic rings. The number of aromatic nitrogens is 1. The highest BCUT2D eigenvalue weighted by Gasteiger charge is 2.35. The monoisotopic (exact) mass is 326 g/mol. The molecule has 23 heavy (non-hydrogen) atoms. The number of carbonyl (C=O) groups is 1. The molecule has 0 spiro atoms. The van der Waals surface area contributed by atoms with Crippen molar-refractivity contribution in [2.75, 3.05) is 6.54 Å². The summed E-state index contributed by atoms with van der Waals surface area (Å²) in [5, 5.41) is 3.56. The molecule has 4 rings (SSSR count). The summed E-state index contributed by atoms with van der Waals surface area (Å²) in [6.45, 7) is 0.731. The molecule has 2 bridgehead atoms. The van der Waals surface area contributed by atoms with Gasteiger partial charge in [0.25, 0.3) is 5.91 Å². The first-order valence-corrected chi connectivity index (χ1v) is 8.48. The number of carbonyl (C=O) groups excluding carboxylic acids is 1. The van der Waals surface area contributed by atoms with Crippen molar-refractivity contribution in [1.82, 2.24) is 9.88 Å². The van der Waals surface area contributed by atoms with Crippen molar-refractivity contribution in [3.05, 3.63) is 65.5 Å². The molecule has 1 heterocycles. The third kappa shape index (κ3) is 2.81. The fourth-order valence-corrected chi connectivity index (χ4v) is 4.01. The first kappa shape index (κ1) is 14.6. The largest absolute Gasteiger partial charge is 0.352 e. The Morgan fingerprint density at radius 3 is 2.74 bits per heavy atom. The van der Waals surface area contributed by atoms with Gasteiger partial charge in [0.15, 0.2) is 0 Å². The average Bonchev–Trinajstić information content (AvgIpc) is 3.30. The van der Waals surface area contributed by atoms with Crippen molar-refractivity contribution < 1.29 is 4.79 Å². The number of benzene rings is 1. The number of amides is 1. The predicted molar refractivity (Wildman–Crippen MR) is 92.0 cm³/mol. The van der Waals surface area contributed by atoms with Crippen LogP contribution in [0.3, 0.4) is 0 Å². The van der Waals surface area contributed by atoms with Crippen LogP contribution in [0.5, 0.6) is 0 Å². The van der Waals surface area contributed by atoms with E-state index in [0.717, 1.165) is 18.2 Å². The van der Waals surface area contributed by atoms with Gasteiger partial charge in [-0.3, -0.25) is 4.79 Å². The second kappa shape index (κ2) is 5.89. The van der Waals surface area contributed by atoms with Gasteiger partial charge in [0.1, 0.15) is 0 Å². The number of fused-ring (bicyclic) bond motifs is 2. The van der Waals surface area contributed by atoms with E-state index < -0.39 is 0 Å². The van der Waals surface area contributed by atoms with E-state index in [1.165, 1.54) is 12.8 Å². The lowest BCUT2D eigenvalue weighted by Gasteiger charge is -2.19. The highest BCUT2D eigenvalue weighted by atomic mass is 35.5. The Bertz CT molecular complexity index is 751. The number of hydrogen-bond donors (Lipinski definition) is 1. The van der Waals surface area contributed by atoms with Gasteiger partial charge < -0.3 is 9.88 Å². The minimum absolute atomic E-state index is 0.0873. The fourth-order valence-electron chi connectivity index (χ4n) is 3.80. The summed E-state index contributed by atoms with van der Waals surface area (Å²) in [5.41, 5.74) is 1.48. The molecule has 1 aromatic heterocycles. The second-order valence-corrected chi connectivity index (χ2v) is 6.91. The van der Waals surface area contributed by atoms with Crippen LogP contribution in [0.15, 0.2) is 54.9 Å². The van der Waals surface area contributed by atoms with Crippen LogP contribution in [0.25, 0.3) is 5.69 Å². The van der Waals surface area contributed by atoms with Gasteiger partial charge in [-0.15, -0.1) is 0 Å². The quantitative estimate of drug-likeness (QED) is 0.844. The Morgan fingerprint density at radius 1 is 1.22 bits per heavy atom. The standard InChI is InChI=1S/C19H19ClN2O/c20-18-6-5-16(22-7-1-2-8-22)11-17(18)19(23)21-12-15-10-13-3-4-14(15)9-13/h1-8,11,13-15H,9-10,12H2,(H,21,23)/t13-,14-,15-/m0/s1. The third-order valence-electron chi connectivity index (χ3n) is 5.04. The predicted octanol–water partition coefficient (Wildman–Crippen LogP) is 4.07. The molecule has 4 heteroatoms. The van der Waals surface area contributed by atoms with Crippen LogP contribution in [-0.4, -0.2) is 17.0 Å². The molecule has 2 aliphatic carbocycles. The summed E-state index contributed by atoms with van der Waals surface area (Å²) < 4.78 is 1.97. The normalized spacial score (nSPS) is 25.0. The van der Waals surface area contributed by atoms with Crippen molar-refractivity contribution in [2.45, 2.75) is 12.8 Å². The van der Waals surface area contributed by atoms with E-state index in [0.29, 0.717) is 22.4 Å². The third-order valence-corrected chi connectivity index (χ3v) is 5.37. The number of allylic oxidation sites excluding steroid dienone is 2. The number of nitrogens with zero attached hydrogens (tertiary/aromatic N) is 1. The van der Waals surface area contributed by atoms with Crippen LogP contribution in [-0.2, 0) is 0 Å². The average molecular weight is 327 g/mol. The zero-order valence-electron chi connectivity index (χ0n) is 12.8. The molecular weight excluding hydrogens is 308 g/mol. The molecule has 0 radical (unpaired) electrons. The molecule has 1 N–H and O–H groups in total. The Hall–Kier alpha value is -2.00. The minimum atomic E-state index is -0.0873. The van der Waals surface area contributed by atoms with Gasteiger partial charge in [0, 0.05) is 24.6 Å². The molecule has 0 saturated heterocycles. The summed E-state index contributed by atoms with van der Waals surface area (Å²) in [7, 11) is 0. The number of rotatable bonds is 4. The topological polar surface area (TPSA) is 34.0 Å². The molecule has 1 fully saturated rings. The molecule has 0 unspecified atom stereocenters. The summed E-state index contributed by atoms with van der Waals surface area (Å²) in [6.07, 6.45) is 11.0. The van der Waals surface area contributed by atoms with Crippen LogP contribution < -0.4 is 5.32 Å². The molecule has 0 aliphatic heterocycles. The van der Waals surface area contributed by atoms with E-state index in [1.807, 2.05) is 41.2 Å². The smallest absolute Gasteiger partial charge is 0.252 e. The summed E-state index contributed by atoms with van der Waals surface area (Å²) in [4.78, 5) is 12.5. The summed E-state index contributed by atoms with van der Waals surface area (Å²) in [5.74, 6) is 1.85. The van der Waals surface area contributed by atoms with Crippen molar-refractivity contribution >= 4 is 17.5 Å². The fraction of sp³-hybridized carbons (Fsp3) is 0.316. The lowest BCUT2D eigenvalue weighted by molar-refractivity contribution is 0.0945. The van der Waals surface area contributed by atoms with Gasteiger partial charge in [-0.2, -0.15) is 0 Å². The van der Waals surface area contributed by atoms with Gasteiger partial charge in [0.2, 0.25) is 0 Å². The van der Waals surface area contributed by atoms with E-state index in [1.54, 1.807) is 6.07 Å². The van der Waals surface area contributed by atoms with Crippen LogP contribution in [0, 0.1) is 17.8 Å². The van der Waals surface area contributed by atoms with Crippen LogP contribution in [0.1, 0.15) is 23.2 Å². The molecule has 3 nitrogen and oxygen atoms in total. The molecule has 1 saturated carbocycles. The highest BCUT2D eigenvalue weighted by Crippen LogP contribution is 2.43. The maximum atomic E-state index is 12.5. The maximum absolute atomic E-state index is 12.5. The number of hydrogen-bond acceptors (Lipinski definition) is 1. The van der Waals surface area contributed by atoms with Gasteiger partial charge in [0.05, 0.1) is 10.6 Å². The first-order valence-electron chi connectivity index (χ1n) is 8.10. The van der Waals surface area contributed by atoms with Crippen molar-refractivity contribution in [1.29, 1.82) is 0 Å². The van der Waals surface area contributed by atoms with E-state index in [2.05, 4.69) is 17.5 Å². The van der Waals surface area contributed by atoms with Gasteiger partial charge >= 0.3 is 0 Å². The summed E-state index contributed by atoms with van der Waals surface area (Å²) in [6, 6.07) is 9.46. The van der Waals surface area contributed by atoms with E-state index in [4.69, 9.17) is 11.6 Å². The van der Waals surface area contributed by atoms with Gasteiger partial charge in [-0.25, -0.2) is 0 Å². The summed E-state index contributed by atoms with van der Waals surface area (Å²) >= 11 is 6.23. The molecule has 3 atom stereocenters. The SMILES string of the molecule is O=C(NC[C@@H]1C[C@H]2C=C[C@H]1C2)c1cc(-n2cccc2)ccc1Cl. The first-order chi connectivity index (χ1) is 11.2. The Morgan fingerprint density at radius 2 is 2.04 bits per heavy atom. The van der Waals surface area contributed by atoms with Crippen LogP contribution in [0.4, 0.5) is 0 Å². The minimum Gasteiger partial charge on any atom is -0.352 e. The number of halogens is 1. The van der Waals surface area contributed by atoms with E-state index >= 15 is 0 Å². The molecule has 2 aliphatic rings.